The largest absolute Gasteiger partial charge is 0.310 e. The smallest absolute Gasteiger partial charge is 0.0424 e. The lowest BCUT2D eigenvalue weighted by Crippen LogP contribution is -2.29. The van der Waals surface area contributed by atoms with Crippen LogP contribution >= 0.6 is 23.2 Å². The average molecular weight is 314 g/mol. The van der Waals surface area contributed by atoms with Gasteiger partial charge in [0.1, 0.15) is 0 Å². The van der Waals surface area contributed by atoms with E-state index in [2.05, 4.69) is 24.4 Å². The summed E-state index contributed by atoms with van der Waals surface area (Å²) in [4.78, 5) is 0. The van der Waals surface area contributed by atoms with E-state index in [0.29, 0.717) is 12.0 Å². The summed E-state index contributed by atoms with van der Waals surface area (Å²) in [6.45, 7) is 3.26. The third-order valence-electron chi connectivity index (χ3n) is 4.23. The van der Waals surface area contributed by atoms with Gasteiger partial charge in [-0.05, 0) is 55.5 Å². The summed E-state index contributed by atoms with van der Waals surface area (Å²) in [6.07, 6.45) is 9.24. The quantitative estimate of drug-likeness (QED) is 0.657. The number of benzene rings is 1. The van der Waals surface area contributed by atoms with Gasteiger partial charge in [-0.3, -0.25) is 0 Å². The van der Waals surface area contributed by atoms with Gasteiger partial charge in [0.25, 0.3) is 0 Å². The minimum absolute atomic E-state index is 0.393. The molecule has 0 amide bonds. The van der Waals surface area contributed by atoms with Gasteiger partial charge in [0, 0.05) is 16.1 Å². The summed E-state index contributed by atoms with van der Waals surface area (Å²) in [5.41, 5.74) is 1.25. The molecule has 1 fully saturated rings. The SMILES string of the molecule is CCCNC(c1cc(Cl)cc(Cl)c1)C1CCCCCC1. The van der Waals surface area contributed by atoms with Crippen LogP contribution in [0.2, 0.25) is 10.0 Å². The van der Waals surface area contributed by atoms with E-state index in [9.17, 15) is 0 Å². The first-order valence-electron chi connectivity index (χ1n) is 7.90. The molecule has 20 heavy (non-hydrogen) atoms. The predicted molar refractivity (Wildman–Crippen MR) is 88.7 cm³/mol. The van der Waals surface area contributed by atoms with Crippen LogP contribution in [0.5, 0.6) is 0 Å². The molecule has 0 saturated heterocycles. The topological polar surface area (TPSA) is 12.0 Å². The molecule has 0 heterocycles. The molecule has 1 atom stereocenters. The number of nitrogens with one attached hydrogen (secondary N) is 1. The molecule has 1 saturated carbocycles. The van der Waals surface area contributed by atoms with Crippen molar-refractivity contribution in [2.75, 3.05) is 6.54 Å². The van der Waals surface area contributed by atoms with Crippen LogP contribution in [0.1, 0.15) is 63.5 Å². The molecular formula is C17H25Cl2N. The van der Waals surface area contributed by atoms with Crippen LogP contribution in [0.4, 0.5) is 0 Å². The third kappa shape index (κ3) is 4.65. The molecule has 1 nitrogen and oxygen atoms in total. The molecule has 1 aromatic carbocycles. The molecule has 1 unspecified atom stereocenters. The predicted octanol–water partition coefficient (Wildman–Crippen LogP) is 6.00. The molecule has 1 aliphatic carbocycles. The lowest BCUT2D eigenvalue weighted by Gasteiger charge is -2.28. The highest BCUT2D eigenvalue weighted by molar-refractivity contribution is 6.34. The van der Waals surface area contributed by atoms with Crippen molar-refractivity contribution in [3.63, 3.8) is 0 Å². The summed E-state index contributed by atoms with van der Waals surface area (Å²) < 4.78 is 0. The Kier molecular flexibility index (Phi) is 6.67. The zero-order chi connectivity index (χ0) is 14.4. The second-order valence-corrected chi connectivity index (χ2v) is 6.76. The number of rotatable bonds is 5. The van der Waals surface area contributed by atoms with Gasteiger partial charge < -0.3 is 5.32 Å². The molecule has 0 aromatic heterocycles. The molecule has 1 N–H and O–H groups in total. The van der Waals surface area contributed by atoms with Gasteiger partial charge in [0.15, 0.2) is 0 Å². The maximum absolute atomic E-state index is 6.19. The zero-order valence-corrected chi connectivity index (χ0v) is 13.8. The monoisotopic (exact) mass is 313 g/mol. The van der Waals surface area contributed by atoms with E-state index in [0.717, 1.165) is 23.0 Å². The molecule has 1 aliphatic rings. The van der Waals surface area contributed by atoms with Crippen molar-refractivity contribution < 1.29 is 0 Å². The van der Waals surface area contributed by atoms with Crippen LogP contribution in [0.3, 0.4) is 0 Å². The van der Waals surface area contributed by atoms with Crippen molar-refractivity contribution in [2.24, 2.45) is 5.92 Å². The normalized spacial score (nSPS) is 18.8. The Morgan fingerprint density at radius 1 is 1.05 bits per heavy atom. The van der Waals surface area contributed by atoms with Crippen LogP contribution in [-0.4, -0.2) is 6.54 Å². The van der Waals surface area contributed by atoms with Crippen molar-refractivity contribution in [3.8, 4) is 0 Å². The van der Waals surface area contributed by atoms with Gasteiger partial charge in [0.05, 0.1) is 0 Å². The molecule has 0 spiro atoms. The Labute approximate surface area is 133 Å². The van der Waals surface area contributed by atoms with Gasteiger partial charge >= 0.3 is 0 Å². The van der Waals surface area contributed by atoms with E-state index in [1.165, 1.54) is 44.1 Å². The molecule has 0 aliphatic heterocycles. The van der Waals surface area contributed by atoms with E-state index in [4.69, 9.17) is 23.2 Å². The van der Waals surface area contributed by atoms with E-state index in [1.807, 2.05) is 6.07 Å². The van der Waals surface area contributed by atoms with Crippen LogP contribution < -0.4 is 5.32 Å². The van der Waals surface area contributed by atoms with Crippen molar-refractivity contribution in [1.29, 1.82) is 0 Å². The summed E-state index contributed by atoms with van der Waals surface area (Å²) in [5.74, 6) is 0.707. The Bertz CT molecular complexity index is 391. The first-order valence-corrected chi connectivity index (χ1v) is 8.65. The maximum atomic E-state index is 6.19. The van der Waals surface area contributed by atoms with Gasteiger partial charge in [-0.1, -0.05) is 55.8 Å². The van der Waals surface area contributed by atoms with E-state index in [-0.39, 0.29) is 0 Å². The van der Waals surface area contributed by atoms with Gasteiger partial charge in [-0.25, -0.2) is 0 Å². The van der Waals surface area contributed by atoms with Crippen molar-refractivity contribution in [3.05, 3.63) is 33.8 Å². The van der Waals surface area contributed by atoms with Crippen molar-refractivity contribution in [1.82, 2.24) is 5.32 Å². The third-order valence-corrected chi connectivity index (χ3v) is 4.67. The van der Waals surface area contributed by atoms with E-state index >= 15 is 0 Å². The van der Waals surface area contributed by atoms with Gasteiger partial charge in [-0.15, -0.1) is 0 Å². The second kappa shape index (κ2) is 8.26. The minimum atomic E-state index is 0.393. The number of halogens is 2. The molecule has 0 radical (unpaired) electrons. The molecule has 0 bridgehead atoms. The fraction of sp³-hybridized carbons (Fsp3) is 0.647. The minimum Gasteiger partial charge on any atom is -0.310 e. The van der Waals surface area contributed by atoms with Crippen molar-refractivity contribution in [2.45, 2.75) is 57.9 Å². The Hall–Kier alpha value is -0.240. The first kappa shape index (κ1) is 16.1. The van der Waals surface area contributed by atoms with Crippen molar-refractivity contribution >= 4 is 23.2 Å². The van der Waals surface area contributed by atoms with Crippen LogP contribution in [0.15, 0.2) is 18.2 Å². The van der Waals surface area contributed by atoms with E-state index in [1.54, 1.807) is 0 Å². The fourth-order valence-electron chi connectivity index (χ4n) is 3.26. The maximum Gasteiger partial charge on any atom is 0.0424 e. The zero-order valence-electron chi connectivity index (χ0n) is 12.3. The first-order chi connectivity index (χ1) is 9.70. The fourth-order valence-corrected chi connectivity index (χ4v) is 3.80. The van der Waals surface area contributed by atoms with E-state index < -0.39 is 0 Å². The summed E-state index contributed by atoms with van der Waals surface area (Å²) in [5, 5.41) is 5.20. The lowest BCUT2D eigenvalue weighted by molar-refractivity contribution is 0.326. The molecule has 3 heteroatoms. The summed E-state index contributed by atoms with van der Waals surface area (Å²) in [7, 11) is 0. The standard InChI is InChI=1S/C17H25Cl2N/c1-2-9-20-17(13-7-5-3-4-6-8-13)14-10-15(18)12-16(19)11-14/h10-13,17,20H,2-9H2,1H3. The van der Waals surface area contributed by atoms with Crippen LogP contribution in [0.25, 0.3) is 0 Å². The van der Waals surface area contributed by atoms with Gasteiger partial charge in [0.2, 0.25) is 0 Å². The highest BCUT2D eigenvalue weighted by Crippen LogP contribution is 2.35. The Morgan fingerprint density at radius 2 is 1.65 bits per heavy atom. The van der Waals surface area contributed by atoms with Crippen LogP contribution in [-0.2, 0) is 0 Å². The molecule has 2 rings (SSSR count). The Balaban J connectivity index is 2.20. The summed E-state index contributed by atoms with van der Waals surface area (Å²) in [6, 6.07) is 6.36. The Morgan fingerprint density at radius 3 is 2.20 bits per heavy atom. The number of hydrogen-bond acceptors (Lipinski definition) is 1. The summed E-state index contributed by atoms with van der Waals surface area (Å²) >= 11 is 12.4. The second-order valence-electron chi connectivity index (χ2n) is 5.89. The molecule has 112 valence electrons. The van der Waals surface area contributed by atoms with Crippen LogP contribution in [0, 0.1) is 5.92 Å². The lowest BCUT2D eigenvalue weighted by atomic mass is 9.87. The molecular weight excluding hydrogens is 289 g/mol. The average Bonchev–Trinajstić information content (AvgIpc) is 2.67. The number of hydrogen-bond donors (Lipinski definition) is 1. The highest BCUT2D eigenvalue weighted by Gasteiger charge is 2.24. The molecule has 1 aromatic rings. The van der Waals surface area contributed by atoms with Gasteiger partial charge in [-0.2, -0.15) is 0 Å². The highest BCUT2D eigenvalue weighted by atomic mass is 35.5.